The Bertz CT molecular complexity index is 1130. The van der Waals surface area contributed by atoms with Gasteiger partial charge in [-0.15, -0.1) is 10.2 Å². The van der Waals surface area contributed by atoms with Gasteiger partial charge in [0.15, 0.2) is 5.82 Å². The fourth-order valence-corrected chi connectivity index (χ4v) is 3.87. The van der Waals surface area contributed by atoms with Gasteiger partial charge in [0, 0.05) is 23.6 Å². The molecule has 0 aliphatic carbocycles. The van der Waals surface area contributed by atoms with E-state index in [9.17, 15) is 4.79 Å². The van der Waals surface area contributed by atoms with Crippen LogP contribution < -0.4 is 5.32 Å². The number of nitrogens with one attached hydrogen (secondary N) is 1. The summed E-state index contributed by atoms with van der Waals surface area (Å²) in [6.07, 6.45) is 4.84. The number of aryl methyl sites for hydroxylation is 2. The van der Waals surface area contributed by atoms with Gasteiger partial charge in [0.2, 0.25) is 11.1 Å². The van der Waals surface area contributed by atoms with Gasteiger partial charge in [-0.05, 0) is 49.2 Å². The van der Waals surface area contributed by atoms with Crippen LogP contribution in [0.4, 0.5) is 5.69 Å². The van der Waals surface area contributed by atoms with Crippen LogP contribution in [0.3, 0.4) is 0 Å². The number of benzene rings is 2. The van der Waals surface area contributed by atoms with Gasteiger partial charge in [-0.25, -0.2) is 4.68 Å². The van der Waals surface area contributed by atoms with Gasteiger partial charge in [-0.2, -0.15) is 0 Å². The number of hydrogen-bond donors (Lipinski definition) is 1. The van der Waals surface area contributed by atoms with E-state index in [1.807, 2.05) is 83.3 Å². The van der Waals surface area contributed by atoms with Crippen LogP contribution in [0.5, 0.6) is 0 Å². The molecular formula is C23H23N5OS. The molecule has 6 nitrogen and oxygen atoms in total. The second-order valence-corrected chi connectivity index (χ2v) is 7.88. The summed E-state index contributed by atoms with van der Waals surface area (Å²) in [6.45, 7) is 4.16. The standard InChI is InChI=1S/C23H23N5OS/c1-3-18-9-11-20(12-10-18)24-21(29)16-30-23-26-25-22(19-8-6-7-17(2)15-19)28(23)27-13-4-5-14-27/h4-15H,3,16H2,1-2H3,(H,24,29). The zero-order valence-electron chi connectivity index (χ0n) is 16.9. The lowest BCUT2D eigenvalue weighted by Crippen LogP contribution is -2.15. The Balaban J connectivity index is 1.53. The maximum Gasteiger partial charge on any atom is 0.234 e. The van der Waals surface area contributed by atoms with Crippen LogP contribution in [0.25, 0.3) is 11.4 Å². The maximum atomic E-state index is 12.5. The highest BCUT2D eigenvalue weighted by Gasteiger charge is 2.17. The summed E-state index contributed by atoms with van der Waals surface area (Å²) in [5.41, 5.74) is 4.16. The van der Waals surface area contributed by atoms with E-state index in [-0.39, 0.29) is 11.7 Å². The van der Waals surface area contributed by atoms with Gasteiger partial charge in [0.25, 0.3) is 0 Å². The minimum Gasteiger partial charge on any atom is -0.325 e. The average molecular weight is 418 g/mol. The molecule has 1 amide bonds. The molecule has 152 valence electrons. The Labute approximate surface area is 179 Å². The average Bonchev–Trinajstić information content (AvgIpc) is 3.42. The summed E-state index contributed by atoms with van der Waals surface area (Å²) in [4.78, 5) is 12.5. The number of aromatic nitrogens is 4. The molecule has 0 spiro atoms. The quantitative estimate of drug-likeness (QED) is 0.444. The summed E-state index contributed by atoms with van der Waals surface area (Å²) in [6, 6.07) is 19.9. The molecular weight excluding hydrogens is 394 g/mol. The van der Waals surface area contributed by atoms with E-state index < -0.39 is 0 Å². The minimum absolute atomic E-state index is 0.0802. The monoisotopic (exact) mass is 417 g/mol. The normalized spacial score (nSPS) is 10.9. The third-order valence-electron chi connectivity index (χ3n) is 4.69. The van der Waals surface area contributed by atoms with Crippen LogP contribution in [0.2, 0.25) is 0 Å². The summed E-state index contributed by atoms with van der Waals surface area (Å²) in [5, 5.41) is 12.4. The summed E-state index contributed by atoms with van der Waals surface area (Å²) >= 11 is 1.36. The second kappa shape index (κ2) is 9.00. The van der Waals surface area contributed by atoms with Crippen LogP contribution in [0.15, 0.2) is 78.2 Å². The molecule has 1 N–H and O–H groups in total. The van der Waals surface area contributed by atoms with Crippen molar-refractivity contribution >= 4 is 23.4 Å². The van der Waals surface area contributed by atoms with Crippen molar-refractivity contribution in [3.8, 4) is 11.4 Å². The predicted molar refractivity (Wildman–Crippen MR) is 121 cm³/mol. The smallest absolute Gasteiger partial charge is 0.234 e. The molecule has 30 heavy (non-hydrogen) atoms. The van der Waals surface area contributed by atoms with Crippen LogP contribution in [0.1, 0.15) is 18.1 Å². The molecule has 0 bridgehead atoms. The van der Waals surface area contributed by atoms with Crippen LogP contribution >= 0.6 is 11.8 Å². The molecule has 0 atom stereocenters. The summed E-state index contributed by atoms with van der Waals surface area (Å²) in [7, 11) is 0. The van der Waals surface area contributed by atoms with Gasteiger partial charge >= 0.3 is 0 Å². The molecule has 4 aromatic rings. The molecule has 2 heterocycles. The van der Waals surface area contributed by atoms with E-state index in [1.54, 1.807) is 0 Å². The Kier molecular flexibility index (Phi) is 5.99. The van der Waals surface area contributed by atoms with E-state index in [1.165, 1.54) is 17.3 Å². The van der Waals surface area contributed by atoms with Crippen LogP contribution in [0, 0.1) is 6.92 Å². The third-order valence-corrected chi connectivity index (χ3v) is 5.61. The van der Waals surface area contributed by atoms with Gasteiger partial charge < -0.3 is 5.32 Å². The van der Waals surface area contributed by atoms with Gasteiger partial charge in [0.05, 0.1) is 5.75 Å². The topological polar surface area (TPSA) is 64.7 Å². The number of hydrogen-bond acceptors (Lipinski definition) is 4. The van der Waals surface area contributed by atoms with Crippen LogP contribution in [-0.2, 0) is 11.2 Å². The Morgan fingerprint density at radius 3 is 2.50 bits per heavy atom. The van der Waals surface area contributed by atoms with E-state index in [4.69, 9.17) is 0 Å². The molecule has 7 heteroatoms. The fourth-order valence-electron chi connectivity index (χ4n) is 3.14. The maximum absolute atomic E-state index is 12.5. The van der Waals surface area contributed by atoms with E-state index in [2.05, 4.69) is 28.5 Å². The SMILES string of the molecule is CCc1ccc(NC(=O)CSc2nnc(-c3cccc(C)c3)n2-n2cccc2)cc1. The zero-order chi connectivity index (χ0) is 20.9. The highest BCUT2D eigenvalue weighted by Crippen LogP contribution is 2.25. The van der Waals surface area contributed by atoms with E-state index >= 15 is 0 Å². The molecule has 2 aromatic heterocycles. The molecule has 2 aromatic carbocycles. The first-order chi connectivity index (χ1) is 14.6. The number of carbonyl (C=O) groups excluding carboxylic acids is 1. The number of nitrogens with zero attached hydrogens (tertiary/aromatic N) is 4. The first-order valence-corrected chi connectivity index (χ1v) is 10.8. The second-order valence-electron chi connectivity index (χ2n) is 6.94. The Morgan fingerprint density at radius 2 is 1.80 bits per heavy atom. The largest absolute Gasteiger partial charge is 0.325 e. The summed E-state index contributed by atoms with van der Waals surface area (Å²) < 4.78 is 3.84. The van der Waals surface area contributed by atoms with Crippen molar-refractivity contribution in [3.05, 3.63) is 84.2 Å². The lowest BCUT2D eigenvalue weighted by molar-refractivity contribution is -0.113. The number of carbonyl (C=O) groups is 1. The molecule has 0 radical (unpaired) electrons. The molecule has 0 unspecified atom stereocenters. The minimum atomic E-state index is -0.0802. The number of anilines is 1. The van der Waals surface area contributed by atoms with Crippen molar-refractivity contribution in [1.82, 2.24) is 19.5 Å². The van der Waals surface area contributed by atoms with Gasteiger partial charge in [-0.3, -0.25) is 9.47 Å². The molecule has 0 saturated carbocycles. The van der Waals surface area contributed by atoms with E-state index in [0.29, 0.717) is 5.16 Å². The van der Waals surface area contributed by atoms with Crippen molar-refractivity contribution in [2.24, 2.45) is 0 Å². The molecule has 0 fully saturated rings. The first kappa shape index (κ1) is 20.0. The van der Waals surface area contributed by atoms with Crippen LogP contribution in [-0.4, -0.2) is 31.2 Å². The lowest BCUT2D eigenvalue weighted by atomic mass is 10.1. The Hall–Kier alpha value is -3.32. The van der Waals surface area contributed by atoms with Crippen molar-refractivity contribution in [1.29, 1.82) is 0 Å². The molecule has 4 rings (SSSR count). The van der Waals surface area contributed by atoms with Crippen molar-refractivity contribution in [2.45, 2.75) is 25.4 Å². The van der Waals surface area contributed by atoms with E-state index in [0.717, 1.165) is 29.1 Å². The zero-order valence-corrected chi connectivity index (χ0v) is 17.8. The predicted octanol–water partition coefficient (Wildman–Crippen LogP) is 4.66. The highest BCUT2D eigenvalue weighted by molar-refractivity contribution is 7.99. The van der Waals surface area contributed by atoms with Crippen molar-refractivity contribution in [2.75, 3.05) is 11.1 Å². The highest BCUT2D eigenvalue weighted by atomic mass is 32.2. The Morgan fingerprint density at radius 1 is 1.03 bits per heavy atom. The van der Waals surface area contributed by atoms with Gasteiger partial charge in [0.1, 0.15) is 0 Å². The fraction of sp³-hybridized carbons (Fsp3) is 0.174. The number of rotatable bonds is 7. The van der Waals surface area contributed by atoms with Crippen molar-refractivity contribution < 1.29 is 4.79 Å². The summed E-state index contributed by atoms with van der Waals surface area (Å²) in [5.74, 6) is 0.888. The first-order valence-electron chi connectivity index (χ1n) is 9.81. The van der Waals surface area contributed by atoms with Gasteiger partial charge in [-0.1, -0.05) is 54.6 Å². The molecule has 0 aliphatic heterocycles. The molecule has 0 aliphatic rings. The number of amides is 1. The van der Waals surface area contributed by atoms with Crippen molar-refractivity contribution in [3.63, 3.8) is 0 Å². The third kappa shape index (κ3) is 4.46. The molecule has 0 saturated heterocycles. The lowest BCUT2D eigenvalue weighted by Gasteiger charge is -2.11. The number of thioether (sulfide) groups is 1.